The highest BCUT2D eigenvalue weighted by Gasteiger charge is 2.17. The zero-order chi connectivity index (χ0) is 15.4. The van der Waals surface area contributed by atoms with Crippen molar-refractivity contribution in [2.75, 3.05) is 17.4 Å². The van der Waals surface area contributed by atoms with Gasteiger partial charge in [-0.2, -0.15) is 15.0 Å². The van der Waals surface area contributed by atoms with Crippen molar-refractivity contribution in [1.29, 1.82) is 0 Å². The predicted octanol–water partition coefficient (Wildman–Crippen LogP) is 1.21. The molecular formula is C13H22N8. The van der Waals surface area contributed by atoms with Gasteiger partial charge < -0.3 is 4.90 Å². The van der Waals surface area contributed by atoms with E-state index in [1.165, 1.54) is 0 Å². The van der Waals surface area contributed by atoms with Gasteiger partial charge in [-0.1, -0.05) is 13.8 Å². The summed E-state index contributed by atoms with van der Waals surface area (Å²) >= 11 is 0. The minimum atomic E-state index is 0.314. The summed E-state index contributed by atoms with van der Waals surface area (Å²) in [4.78, 5) is 19.1. The second-order valence-electron chi connectivity index (χ2n) is 5.46. The SMILES string of the molecule is CC(C)CC(C)N(C)c1nc(NN)nc(-n2ccnc2)n1. The number of hydrogen-bond donors (Lipinski definition) is 2. The van der Waals surface area contributed by atoms with Crippen molar-refractivity contribution in [2.24, 2.45) is 11.8 Å². The Labute approximate surface area is 124 Å². The van der Waals surface area contributed by atoms with Crippen LogP contribution in [0.1, 0.15) is 27.2 Å². The summed E-state index contributed by atoms with van der Waals surface area (Å²) < 4.78 is 1.72. The van der Waals surface area contributed by atoms with Crippen molar-refractivity contribution in [1.82, 2.24) is 24.5 Å². The molecule has 0 aliphatic heterocycles. The molecule has 0 fully saturated rings. The molecule has 0 radical (unpaired) electrons. The molecule has 0 saturated heterocycles. The summed E-state index contributed by atoms with van der Waals surface area (Å²) in [6.07, 6.45) is 6.13. The topological polar surface area (TPSA) is 97.8 Å². The lowest BCUT2D eigenvalue weighted by Gasteiger charge is -2.26. The van der Waals surface area contributed by atoms with Crippen LogP contribution in [0.25, 0.3) is 5.95 Å². The normalized spacial score (nSPS) is 12.5. The molecule has 0 aliphatic carbocycles. The lowest BCUT2D eigenvalue weighted by atomic mass is 10.0. The maximum Gasteiger partial charge on any atom is 0.243 e. The molecule has 8 nitrogen and oxygen atoms in total. The van der Waals surface area contributed by atoms with Gasteiger partial charge in [0.15, 0.2) is 0 Å². The van der Waals surface area contributed by atoms with Crippen LogP contribution in [0.15, 0.2) is 18.7 Å². The van der Waals surface area contributed by atoms with Crippen LogP contribution in [0.4, 0.5) is 11.9 Å². The van der Waals surface area contributed by atoms with Gasteiger partial charge in [-0.15, -0.1) is 0 Å². The van der Waals surface area contributed by atoms with Gasteiger partial charge in [-0.05, 0) is 19.3 Å². The number of aromatic nitrogens is 5. The molecular weight excluding hydrogens is 268 g/mol. The summed E-state index contributed by atoms with van der Waals surface area (Å²) in [6, 6.07) is 0.314. The third-order valence-corrected chi connectivity index (χ3v) is 3.27. The Bertz CT molecular complexity index is 566. The third kappa shape index (κ3) is 3.66. The van der Waals surface area contributed by atoms with Crippen LogP contribution in [-0.4, -0.2) is 37.6 Å². The second-order valence-corrected chi connectivity index (χ2v) is 5.46. The number of nitrogens with two attached hydrogens (primary N) is 1. The fourth-order valence-corrected chi connectivity index (χ4v) is 2.11. The first-order chi connectivity index (χ1) is 10.0. The Hall–Kier alpha value is -2.22. The lowest BCUT2D eigenvalue weighted by Crippen LogP contribution is -2.32. The first kappa shape index (κ1) is 15.2. The Morgan fingerprint density at radius 1 is 1.29 bits per heavy atom. The predicted molar refractivity (Wildman–Crippen MR) is 82.1 cm³/mol. The molecule has 114 valence electrons. The molecule has 0 aliphatic rings. The van der Waals surface area contributed by atoms with Crippen LogP contribution in [0.5, 0.6) is 0 Å². The Morgan fingerprint density at radius 3 is 2.62 bits per heavy atom. The van der Waals surface area contributed by atoms with Crippen molar-refractivity contribution in [3.63, 3.8) is 0 Å². The van der Waals surface area contributed by atoms with Gasteiger partial charge >= 0.3 is 0 Å². The van der Waals surface area contributed by atoms with Crippen molar-refractivity contribution >= 4 is 11.9 Å². The van der Waals surface area contributed by atoms with Gasteiger partial charge in [-0.3, -0.25) is 9.99 Å². The highest BCUT2D eigenvalue weighted by Crippen LogP contribution is 2.17. The highest BCUT2D eigenvalue weighted by molar-refractivity contribution is 5.39. The quantitative estimate of drug-likeness (QED) is 0.609. The molecule has 1 unspecified atom stereocenters. The van der Waals surface area contributed by atoms with E-state index < -0.39 is 0 Å². The number of imidazole rings is 1. The van der Waals surface area contributed by atoms with Gasteiger partial charge in [0.25, 0.3) is 0 Å². The average Bonchev–Trinajstić information content (AvgIpc) is 2.99. The van der Waals surface area contributed by atoms with Crippen LogP contribution in [-0.2, 0) is 0 Å². The van der Waals surface area contributed by atoms with Crippen molar-refractivity contribution in [2.45, 2.75) is 33.2 Å². The van der Waals surface area contributed by atoms with Gasteiger partial charge in [0.1, 0.15) is 6.33 Å². The smallest absolute Gasteiger partial charge is 0.243 e. The van der Waals surface area contributed by atoms with Crippen LogP contribution >= 0.6 is 0 Å². The molecule has 0 spiro atoms. The number of hydrazine groups is 1. The fraction of sp³-hybridized carbons (Fsp3) is 0.538. The largest absolute Gasteiger partial charge is 0.341 e. The Kier molecular flexibility index (Phi) is 4.69. The zero-order valence-corrected chi connectivity index (χ0v) is 12.9. The molecule has 3 N–H and O–H groups in total. The number of nitrogens with zero attached hydrogens (tertiary/aromatic N) is 6. The average molecular weight is 290 g/mol. The van der Waals surface area contributed by atoms with Gasteiger partial charge in [0, 0.05) is 25.5 Å². The van der Waals surface area contributed by atoms with Crippen LogP contribution in [0.3, 0.4) is 0 Å². The van der Waals surface area contributed by atoms with Gasteiger partial charge in [0.2, 0.25) is 17.8 Å². The molecule has 2 rings (SSSR count). The van der Waals surface area contributed by atoms with E-state index in [1.807, 2.05) is 11.9 Å². The molecule has 0 bridgehead atoms. The van der Waals surface area contributed by atoms with Gasteiger partial charge in [0.05, 0.1) is 0 Å². The summed E-state index contributed by atoms with van der Waals surface area (Å²) in [5.74, 6) is 7.44. The molecule has 8 heteroatoms. The molecule has 2 heterocycles. The second kappa shape index (κ2) is 6.49. The highest BCUT2D eigenvalue weighted by atomic mass is 15.4. The molecule has 0 aromatic carbocycles. The van der Waals surface area contributed by atoms with E-state index in [0.717, 1.165) is 6.42 Å². The van der Waals surface area contributed by atoms with E-state index in [2.05, 4.69) is 46.1 Å². The van der Waals surface area contributed by atoms with E-state index in [4.69, 9.17) is 5.84 Å². The summed E-state index contributed by atoms with van der Waals surface area (Å²) in [5.41, 5.74) is 2.48. The first-order valence-corrected chi connectivity index (χ1v) is 6.95. The first-order valence-electron chi connectivity index (χ1n) is 6.95. The summed E-state index contributed by atoms with van der Waals surface area (Å²) in [6.45, 7) is 6.54. The maximum absolute atomic E-state index is 5.45. The Balaban J connectivity index is 2.32. The molecule has 0 saturated carbocycles. The molecule has 0 amide bonds. The number of hydrogen-bond acceptors (Lipinski definition) is 7. The molecule has 2 aromatic heterocycles. The van der Waals surface area contributed by atoms with Crippen molar-refractivity contribution in [3.8, 4) is 5.95 Å². The number of anilines is 2. The fourth-order valence-electron chi connectivity index (χ4n) is 2.11. The van der Waals surface area contributed by atoms with E-state index in [0.29, 0.717) is 29.8 Å². The molecule has 21 heavy (non-hydrogen) atoms. The molecule has 1 atom stereocenters. The Morgan fingerprint density at radius 2 is 2.05 bits per heavy atom. The summed E-state index contributed by atoms with van der Waals surface area (Å²) in [5, 5.41) is 0. The minimum absolute atomic E-state index is 0.314. The number of rotatable bonds is 6. The summed E-state index contributed by atoms with van der Waals surface area (Å²) in [7, 11) is 1.97. The van der Waals surface area contributed by atoms with Crippen molar-refractivity contribution < 1.29 is 0 Å². The van der Waals surface area contributed by atoms with E-state index in [1.54, 1.807) is 23.3 Å². The maximum atomic E-state index is 5.45. The number of nitrogens with one attached hydrogen (secondary N) is 1. The van der Waals surface area contributed by atoms with Crippen molar-refractivity contribution in [3.05, 3.63) is 18.7 Å². The van der Waals surface area contributed by atoms with Crippen LogP contribution in [0.2, 0.25) is 0 Å². The third-order valence-electron chi connectivity index (χ3n) is 3.27. The lowest BCUT2D eigenvalue weighted by molar-refractivity contribution is 0.499. The monoisotopic (exact) mass is 290 g/mol. The van der Waals surface area contributed by atoms with E-state index in [9.17, 15) is 0 Å². The molecule has 2 aromatic rings. The zero-order valence-electron chi connectivity index (χ0n) is 12.9. The standard InChI is InChI=1S/C13H22N8/c1-9(2)7-10(3)20(4)12-16-11(19-14)17-13(18-12)21-6-5-15-8-21/h5-6,8-10H,7,14H2,1-4H3,(H,16,17,18,19). The van der Waals surface area contributed by atoms with E-state index in [-0.39, 0.29) is 0 Å². The number of nitrogen functional groups attached to an aromatic ring is 1. The van der Waals surface area contributed by atoms with Crippen LogP contribution < -0.4 is 16.2 Å². The minimum Gasteiger partial charge on any atom is -0.341 e. The van der Waals surface area contributed by atoms with Gasteiger partial charge in [-0.25, -0.2) is 10.8 Å². The van der Waals surface area contributed by atoms with Crippen LogP contribution in [0, 0.1) is 5.92 Å². The van der Waals surface area contributed by atoms with E-state index >= 15 is 0 Å².